The number of rotatable bonds is 55. The fraction of sp³-hybridized carbons (Fsp3) is 0.900. The first-order valence-electron chi connectivity index (χ1n) is 36.2. The second kappa shape index (κ2) is 50.5. The Balaban J connectivity index is 1.56. The number of nitrogens with one attached hydrogen (secondary N) is 2. The zero-order valence-corrected chi connectivity index (χ0v) is 56.9. The predicted octanol–water partition coefficient (Wildman–Crippen LogP) is 7.23. The normalized spacial score (nSPS) is 28.2. The van der Waals surface area contributed by atoms with Gasteiger partial charge >= 0.3 is 5.97 Å². The van der Waals surface area contributed by atoms with Gasteiger partial charge < -0.3 is 100 Å². The smallest absolute Gasteiger partial charge is 0.364 e. The quantitative estimate of drug-likeness (QED) is 0.0211. The van der Waals surface area contributed by atoms with Crippen LogP contribution in [-0.4, -0.2) is 215 Å². The highest BCUT2D eigenvalue weighted by Crippen LogP contribution is 2.39. The second-order valence-electron chi connectivity index (χ2n) is 26.5. The lowest BCUT2D eigenvalue weighted by Crippen LogP contribution is -2.70. The first-order chi connectivity index (χ1) is 44.9. The second-order valence-corrected chi connectivity index (χ2v) is 26.5. The number of unbranched alkanes of at least 4 members (excludes halogenated alkanes) is 32. The molecule has 93 heavy (non-hydrogen) atoms. The molecule has 0 bridgehead atoms. The van der Waals surface area contributed by atoms with Crippen molar-refractivity contribution in [1.29, 1.82) is 0 Å². The van der Waals surface area contributed by atoms with Gasteiger partial charge in [0.15, 0.2) is 12.6 Å². The number of carboxylic acid groups (broad SMARTS) is 1. The van der Waals surface area contributed by atoms with E-state index in [-0.39, 0.29) is 18.9 Å². The summed E-state index contributed by atoms with van der Waals surface area (Å²) in [6, 6.07) is -2.54. The largest absolute Gasteiger partial charge is 0.477 e. The average molecular weight is 1330 g/mol. The molecular weight excluding hydrogens is 1200 g/mol. The SMILES string of the molecule is CCCCC/C=C\C=C/CCCCCCCCC(=O)NC(COC1OC(CO)C(OC2OC(CO)C(O)C(OC3(C(=O)O)CC(O)C(NC(C)=O)C(C(O)C(O)CO)O3)C2O)C(O)C1O)C(O)CCCCCCCCCCCCCCCCCCCCCCCCCC. The maximum absolute atomic E-state index is 13.5. The Labute approximate surface area is 555 Å². The summed E-state index contributed by atoms with van der Waals surface area (Å²) in [4.78, 5) is 38.6. The molecule has 18 unspecified atom stereocenters. The summed E-state index contributed by atoms with van der Waals surface area (Å²) in [5, 5.41) is 136. The topological polar surface area (TPSA) is 373 Å². The molecule has 3 saturated heterocycles. The van der Waals surface area contributed by atoms with Crippen molar-refractivity contribution in [3.63, 3.8) is 0 Å². The average Bonchev–Trinajstić information content (AvgIpc) is 0.767. The van der Waals surface area contributed by atoms with E-state index in [2.05, 4.69) is 48.8 Å². The number of amides is 2. The first-order valence-corrected chi connectivity index (χ1v) is 36.2. The Morgan fingerprint density at radius 1 is 0.559 bits per heavy atom. The van der Waals surface area contributed by atoms with Gasteiger partial charge in [0.1, 0.15) is 67.1 Å². The van der Waals surface area contributed by atoms with Crippen LogP contribution in [0.15, 0.2) is 24.3 Å². The number of hydrogen-bond donors (Lipinski definition) is 14. The zero-order chi connectivity index (χ0) is 68.2. The Morgan fingerprint density at radius 2 is 1.02 bits per heavy atom. The van der Waals surface area contributed by atoms with Crippen LogP contribution in [0.1, 0.15) is 265 Å². The lowest BCUT2D eigenvalue weighted by Gasteiger charge is -2.50. The molecule has 3 aliphatic heterocycles. The fourth-order valence-corrected chi connectivity index (χ4v) is 12.6. The molecule has 0 radical (unpaired) electrons. The molecule has 0 aromatic rings. The van der Waals surface area contributed by atoms with E-state index in [0.717, 1.165) is 77.6 Å². The van der Waals surface area contributed by atoms with E-state index in [1.807, 2.05) is 0 Å². The number of allylic oxidation sites excluding steroid dienone is 4. The van der Waals surface area contributed by atoms with Gasteiger partial charge in [0.2, 0.25) is 11.8 Å². The number of aliphatic hydroxyl groups is 11. The number of ether oxygens (including phenoxy) is 6. The van der Waals surface area contributed by atoms with Crippen molar-refractivity contribution in [2.45, 2.75) is 375 Å². The lowest BCUT2D eigenvalue weighted by molar-refractivity contribution is -0.386. The van der Waals surface area contributed by atoms with Gasteiger partial charge in [-0.2, -0.15) is 0 Å². The van der Waals surface area contributed by atoms with Gasteiger partial charge in [0, 0.05) is 19.8 Å². The highest BCUT2D eigenvalue weighted by molar-refractivity contribution is 5.77. The summed E-state index contributed by atoms with van der Waals surface area (Å²) in [7, 11) is 0. The fourth-order valence-electron chi connectivity index (χ4n) is 12.6. The summed E-state index contributed by atoms with van der Waals surface area (Å²) in [6.07, 6.45) is 21.8. The highest BCUT2D eigenvalue weighted by atomic mass is 16.8. The van der Waals surface area contributed by atoms with Gasteiger partial charge in [-0.3, -0.25) is 9.59 Å². The van der Waals surface area contributed by atoms with Gasteiger partial charge in [-0.15, -0.1) is 0 Å². The van der Waals surface area contributed by atoms with Crippen molar-refractivity contribution >= 4 is 17.8 Å². The van der Waals surface area contributed by atoms with Crippen LogP contribution in [-0.2, 0) is 42.8 Å². The van der Waals surface area contributed by atoms with E-state index >= 15 is 0 Å². The molecule has 14 N–H and O–H groups in total. The van der Waals surface area contributed by atoms with Crippen LogP contribution >= 0.6 is 0 Å². The Kier molecular flexibility index (Phi) is 45.9. The third-order valence-electron chi connectivity index (χ3n) is 18.4. The summed E-state index contributed by atoms with van der Waals surface area (Å²) in [5.74, 6) is -6.11. The van der Waals surface area contributed by atoms with Gasteiger partial charge in [-0.25, -0.2) is 4.79 Å². The zero-order valence-electron chi connectivity index (χ0n) is 56.9. The van der Waals surface area contributed by atoms with Crippen LogP contribution in [0.5, 0.6) is 0 Å². The molecular formula is C70H128N2O21. The highest BCUT2D eigenvalue weighted by Gasteiger charge is 2.60. The van der Waals surface area contributed by atoms with Crippen LogP contribution in [0.4, 0.5) is 0 Å². The van der Waals surface area contributed by atoms with Crippen LogP contribution in [0, 0.1) is 0 Å². The van der Waals surface area contributed by atoms with Crippen molar-refractivity contribution in [2.24, 2.45) is 0 Å². The van der Waals surface area contributed by atoms with E-state index < -0.39 is 148 Å². The van der Waals surface area contributed by atoms with Crippen LogP contribution in [0.2, 0.25) is 0 Å². The van der Waals surface area contributed by atoms with Crippen LogP contribution in [0.25, 0.3) is 0 Å². The third-order valence-corrected chi connectivity index (χ3v) is 18.4. The molecule has 3 aliphatic rings. The monoisotopic (exact) mass is 1330 g/mol. The van der Waals surface area contributed by atoms with E-state index in [1.54, 1.807) is 0 Å². The minimum absolute atomic E-state index is 0.210. The first kappa shape index (κ1) is 84.4. The molecule has 3 rings (SSSR count). The Hall–Kier alpha value is -2.79. The van der Waals surface area contributed by atoms with E-state index in [1.165, 1.54) is 141 Å². The van der Waals surface area contributed by atoms with Gasteiger partial charge in [-0.1, -0.05) is 231 Å². The summed E-state index contributed by atoms with van der Waals surface area (Å²) < 4.78 is 34.9. The van der Waals surface area contributed by atoms with Crippen molar-refractivity contribution in [3.8, 4) is 0 Å². The number of aliphatic carboxylic acids is 1. The van der Waals surface area contributed by atoms with Crippen LogP contribution < -0.4 is 10.6 Å². The molecule has 0 aromatic heterocycles. The summed E-state index contributed by atoms with van der Waals surface area (Å²) >= 11 is 0. The Bertz CT molecular complexity index is 1970. The van der Waals surface area contributed by atoms with Gasteiger partial charge in [0.05, 0.1) is 50.7 Å². The predicted molar refractivity (Wildman–Crippen MR) is 352 cm³/mol. The molecule has 0 aliphatic carbocycles. The van der Waals surface area contributed by atoms with Crippen molar-refractivity contribution in [3.05, 3.63) is 24.3 Å². The number of carboxylic acids is 1. The molecule has 0 spiro atoms. The van der Waals surface area contributed by atoms with E-state index in [4.69, 9.17) is 28.4 Å². The molecule has 0 aromatic carbocycles. The molecule has 3 heterocycles. The van der Waals surface area contributed by atoms with Crippen molar-refractivity contribution in [2.75, 3.05) is 26.4 Å². The molecule has 23 heteroatoms. The number of carbonyl (C=O) groups excluding carboxylic acids is 2. The number of carbonyl (C=O) groups is 3. The van der Waals surface area contributed by atoms with Crippen LogP contribution in [0.3, 0.4) is 0 Å². The maximum Gasteiger partial charge on any atom is 0.364 e. The van der Waals surface area contributed by atoms with Gasteiger partial charge in [0.25, 0.3) is 5.79 Å². The van der Waals surface area contributed by atoms with Crippen molar-refractivity contribution in [1.82, 2.24) is 10.6 Å². The number of aliphatic hydroxyl groups excluding tert-OH is 11. The summed E-state index contributed by atoms with van der Waals surface area (Å²) in [6.45, 7) is 2.18. The lowest BCUT2D eigenvalue weighted by atomic mass is 9.88. The molecule has 18 atom stereocenters. The van der Waals surface area contributed by atoms with E-state index in [9.17, 15) is 75.7 Å². The minimum atomic E-state index is -3.08. The van der Waals surface area contributed by atoms with E-state index in [0.29, 0.717) is 19.3 Å². The molecule has 23 nitrogen and oxygen atoms in total. The van der Waals surface area contributed by atoms with Gasteiger partial charge in [-0.05, 0) is 38.5 Å². The molecule has 0 saturated carbocycles. The summed E-state index contributed by atoms with van der Waals surface area (Å²) in [5.41, 5.74) is 0. The third kappa shape index (κ3) is 32.6. The maximum atomic E-state index is 13.5. The molecule has 3 fully saturated rings. The van der Waals surface area contributed by atoms with Crippen molar-refractivity contribution < 1.29 is 104 Å². The Morgan fingerprint density at radius 3 is 1.51 bits per heavy atom. The molecule has 544 valence electrons. The molecule has 2 amide bonds. The minimum Gasteiger partial charge on any atom is -0.477 e. The standard InChI is InChI=1S/C70H128N2O21/c1-4-6-8-10-12-14-16-18-20-21-22-23-24-25-26-27-28-30-31-33-35-37-39-41-43-52(77)51(72-57(80)44-42-40-38-36-34-32-29-19-17-15-13-11-9-7-5-2)49-88-67-62(84)61(83)64(56(48-75)90-67)91-68-63(85)66(60(82)55(47-74)89-68)93-70(69(86)87)45-53(78)58(71-50(3)76)65(92-70)59(81)54(79)46-73/h13,15,17,19,51-56,58-68,73-75,77-79,81-85H,4-12,14,16,18,20-49H2,1-3H3,(H,71,76)(H,72,80)(H,86,87)/b15-13-,19-17-. The number of hydrogen-bond acceptors (Lipinski definition) is 20.